The molecule has 0 bridgehead atoms. The third kappa shape index (κ3) is 4.82. The molecule has 0 amide bonds. The summed E-state index contributed by atoms with van der Waals surface area (Å²) in [4.78, 5) is 6.04. The number of aliphatic imine (C=N–C) groups is 1. The molecule has 29 heavy (non-hydrogen) atoms. The second-order valence-electron chi connectivity index (χ2n) is 8.43. The third-order valence-electron chi connectivity index (χ3n) is 5.50. The minimum absolute atomic E-state index is 0.284. The van der Waals surface area contributed by atoms with Crippen molar-refractivity contribution in [1.29, 1.82) is 5.26 Å². The molecule has 0 fully saturated rings. The Labute approximate surface area is 178 Å². The summed E-state index contributed by atoms with van der Waals surface area (Å²) in [7, 11) is 0. The van der Waals surface area contributed by atoms with Crippen LogP contribution in [0, 0.1) is 22.7 Å². The van der Waals surface area contributed by atoms with Crippen molar-refractivity contribution >= 4 is 22.6 Å². The molecule has 1 atom stereocenters. The van der Waals surface area contributed by atoms with Gasteiger partial charge in [0.2, 0.25) is 0 Å². The smallest absolute Gasteiger partial charge is 0.134 e. The lowest BCUT2D eigenvalue weighted by Gasteiger charge is -2.33. The Kier molecular flexibility index (Phi) is 6.64. The summed E-state index contributed by atoms with van der Waals surface area (Å²) >= 11 is 1.67. The first-order valence-corrected chi connectivity index (χ1v) is 11.2. The van der Waals surface area contributed by atoms with Gasteiger partial charge < -0.3 is 9.47 Å². The van der Waals surface area contributed by atoms with Crippen LogP contribution < -0.4 is 9.47 Å². The van der Waals surface area contributed by atoms with E-state index < -0.39 is 0 Å². The number of hydrogen-bond acceptors (Lipinski definition) is 5. The molecule has 0 spiro atoms. The monoisotopic (exact) mass is 410 g/mol. The number of thiophene rings is 1. The van der Waals surface area contributed by atoms with E-state index in [0.29, 0.717) is 19.1 Å². The quantitative estimate of drug-likeness (QED) is 0.524. The molecular weight excluding hydrogens is 380 g/mol. The van der Waals surface area contributed by atoms with Gasteiger partial charge in [-0.25, -0.2) is 4.99 Å². The van der Waals surface area contributed by atoms with Crippen molar-refractivity contribution in [2.24, 2.45) is 16.3 Å². The first kappa shape index (κ1) is 21.4. The summed E-state index contributed by atoms with van der Waals surface area (Å²) in [6.07, 6.45) is 4.96. The molecule has 0 unspecified atom stereocenters. The van der Waals surface area contributed by atoms with Gasteiger partial charge in [-0.1, -0.05) is 20.8 Å². The maximum atomic E-state index is 9.76. The van der Waals surface area contributed by atoms with Crippen LogP contribution >= 0.6 is 11.3 Å². The maximum absolute atomic E-state index is 9.76. The normalized spacial score (nSPS) is 16.5. The average Bonchev–Trinajstić information content (AvgIpc) is 3.04. The van der Waals surface area contributed by atoms with E-state index in [-0.39, 0.29) is 5.41 Å². The van der Waals surface area contributed by atoms with Crippen LogP contribution in [0.1, 0.15) is 62.6 Å². The van der Waals surface area contributed by atoms with E-state index in [2.05, 4.69) is 26.8 Å². The predicted octanol–water partition coefficient (Wildman–Crippen LogP) is 6.32. The minimum Gasteiger partial charge on any atom is -0.494 e. The Hall–Kier alpha value is -2.32. The Balaban J connectivity index is 1.90. The highest BCUT2D eigenvalue weighted by Gasteiger charge is 2.32. The zero-order valence-corrected chi connectivity index (χ0v) is 18.9. The highest BCUT2D eigenvalue weighted by molar-refractivity contribution is 7.16. The third-order valence-corrected chi connectivity index (χ3v) is 6.66. The molecule has 1 aromatic heterocycles. The molecule has 1 aliphatic carbocycles. The van der Waals surface area contributed by atoms with Crippen molar-refractivity contribution in [1.82, 2.24) is 0 Å². The molecule has 1 aromatic carbocycles. The van der Waals surface area contributed by atoms with E-state index in [0.717, 1.165) is 46.9 Å². The van der Waals surface area contributed by atoms with Crippen LogP contribution in [0.3, 0.4) is 0 Å². The molecule has 0 saturated heterocycles. The lowest BCUT2D eigenvalue weighted by atomic mass is 9.72. The number of nitriles is 1. The van der Waals surface area contributed by atoms with Gasteiger partial charge in [0.15, 0.2) is 0 Å². The van der Waals surface area contributed by atoms with Crippen molar-refractivity contribution in [3.63, 3.8) is 0 Å². The van der Waals surface area contributed by atoms with E-state index in [1.54, 1.807) is 17.6 Å². The zero-order chi connectivity index (χ0) is 21.0. The summed E-state index contributed by atoms with van der Waals surface area (Å²) in [6.45, 7) is 12.0. The van der Waals surface area contributed by atoms with Crippen LogP contribution in [0.5, 0.6) is 11.5 Å². The summed E-state index contributed by atoms with van der Waals surface area (Å²) in [6, 6.07) is 8.18. The molecule has 0 aliphatic heterocycles. The highest BCUT2D eigenvalue weighted by atomic mass is 32.1. The molecule has 4 nitrogen and oxygen atoms in total. The van der Waals surface area contributed by atoms with Gasteiger partial charge in [0, 0.05) is 22.7 Å². The van der Waals surface area contributed by atoms with Crippen LogP contribution in [-0.4, -0.2) is 19.4 Å². The highest BCUT2D eigenvalue weighted by Crippen LogP contribution is 2.45. The largest absolute Gasteiger partial charge is 0.494 e. The fourth-order valence-corrected chi connectivity index (χ4v) is 5.02. The van der Waals surface area contributed by atoms with E-state index in [9.17, 15) is 5.26 Å². The minimum atomic E-state index is 0.284. The molecule has 2 aromatic rings. The van der Waals surface area contributed by atoms with Crippen LogP contribution in [0.15, 0.2) is 23.2 Å². The standard InChI is InChI=1S/C24H30N2O2S/c1-6-27-18-10-8-16(21(13-18)28-7-2)15-26-23-20(14-25)19-11-9-17(24(3,4)5)12-22(19)29-23/h8,10,13,15,17H,6-7,9,11-12H2,1-5H3/t17-/m0/s1. The van der Waals surface area contributed by atoms with E-state index >= 15 is 0 Å². The molecule has 154 valence electrons. The van der Waals surface area contributed by atoms with Gasteiger partial charge in [-0.05, 0) is 62.1 Å². The second-order valence-corrected chi connectivity index (χ2v) is 9.51. The van der Waals surface area contributed by atoms with E-state index in [1.807, 2.05) is 32.0 Å². The predicted molar refractivity (Wildman–Crippen MR) is 120 cm³/mol. The molecule has 5 heteroatoms. The van der Waals surface area contributed by atoms with Crippen molar-refractivity contribution in [3.8, 4) is 17.6 Å². The first-order chi connectivity index (χ1) is 13.9. The number of benzene rings is 1. The van der Waals surface area contributed by atoms with Crippen molar-refractivity contribution < 1.29 is 9.47 Å². The molecule has 0 saturated carbocycles. The number of nitrogens with zero attached hydrogens (tertiary/aromatic N) is 2. The van der Waals surface area contributed by atoms with Gasteiger partial charge in [-0.2, -0.15) is 5.26 Å². The Morgan fingerprint density at radius 1 is 1.24 bits per heavy atom. The van der Waals surface area contributed by atoms with Crippen LogP contribution in [0.4, 0.5) is 5.00 Å². The topological polar surface area (TPSA) is 54.6 Å². The SMILES string of the molecule is CCOc1ccc(C=Nc2sc3c(c2C#N)CC[C@H](C(C)(C)C)C3)c(OCC)c1. The summed E-state index contributed by atoms with van der Waals surface area (Å²) in [5, 5.41) is 10.6. The lowest BCUT2D eigenvalue weighted by molar-refractivity contribution is 0.218. The number of ether oxygens (including phenoxy) is 2. The van der Waals surface area contributed by atoms with Gasteiger partial charge in [0.1, 0.15) is 22.6 Å². The van der Waals surface area contributed by atoms with Crippen molar-refractivity contribution in [3.05, 3.63) is 39.8 Å². The fraction of sp³-hybridized carbons (Fsp3) is 0.500. The molecule has 0 radical (unpaired) electrons. The molecule has 0 N–H and O–H groups in total. The van der Waals surface area contributed by atoms with E-state index in [1.165, 1.54) is 10.4 Å². The number of hydrogen-bond donors (Lipinski definition) is 0. The number of fused-ring (bicyclic) bond motifs is 1. The molecular formula is C24H30N2O2S. The van der Waals surface area contributed by atoms with E-state index in [4.69, 9.17) is 14.5 Å². The zero-order valence-electron chi connectivity index (χ0n) is 18.0. The van der Waals surface area contributed by atoms with Gasteiger partial charge in [-0.15, -0.1) is 11.3 Å². The summed E-state index contributed by atoms with van der Waals surface area (Å²) in [5.41, 5.74) is 3.13. The fourth-order valence-electron chi connectivity index (χ4n) is 3.80. The van der Waals surface area contributed by atoms with Gasteiger partial charge in [-0.3, -0.25) is 0 Å². The second kappa shape index (κ2) is 9.00. The average molecular weight is 411 g/mol. The van der Waals surface area contributed by atoms with Gasteiger partial charge in [0.05, 0.1) is 18.8 Å². The van der Waals surface area contributed by atoms with Gasteiger partial charge >= 0.3 is 0 Å². The number of rotatable bonds is 6. The van der Waals surface area contributed by atoms with Crippen LogP contribution in [0.25, 0.3) is 0 Å². The maximum Gasteiger partial charge on any atom is 0.134 e. The lowest BCUT2D eigenvalue weighted by Crippen LogP contribution is -2.26. The Morgan fingerprint density at radius 2 is 2.00 bits per heavy atom. The molecule has 1 aliphatic rings. The Bertz CT molecular complexity index is 932. The van der Waals surface area contributed by atoms with Crippen molar-refractivity contribution in [2.45, 2.75) is 53.9 Å². The van der Waals surface area contributed by atoms with Crippen LogP contribution in [-0.2, 0) is 12.8 Å². The first-order valence-electron chi connectivity index (χ1n) is 10.4. The summed E-state index contributed by atoms with van der Waals surface area (Å²) in [5.74, 6) is 2.17. The van der Waals surface area contributed by atoms with Crippen LogP contribution in [0.2, 0.25) is 0 Å². The molecule has 1 heterocycles. The Morgan fingerprint density at radius 3 is 2.66 bits per heavy atom. The molecule has 3 rings (SSSR count). The summed E-state index contributed by atoms with van der Waals surface area (Å²) < 4.78 is 11.3. The van der Waals surface area contributed by atoms with Crippen molar-refractivity contribution in [2.75, 3.05) is 13.2 Å². The van der Waals surface area contributed by atoms with Gasteiger partial charge in [0.25, 0.3) is 0 Å².